The van der Waals surface area contributed by atoms with Crippen LogP contribution in [-0.4, -0.2) is 9.97 Å². The van der Waals surface area contributed by atoms with Gasteiger partial charge in [0.25, 0.3) is 0 Å². The summed E-state index contributed by atoms with van der Waals surface area (Å²) in [5.74, 6) is 0.554. The molecule has 2 atom stereocenters. The van der Waals surface area contributed by atoms with E-state index in [4.69, 9.17) is 5.73 Å². The Hall–Kier alpha value is -1.74. The van der Waals surface area contributed by atoms with Gasteiger partial charge in [0.15, 0.2) is 0 Å². The zero-order valence-electron chi connectivity index (χ0n) is 11.9. The highest BCUT2D eigenvalue weighted by molar-refractivity contribution is 5.32. The Morgan fingerprint density at radius 1 is 1.25 bits per heavy atom. The molecule has 1 aliphatic carbocycles. The maximum atomic E-state index is 6.33. The van der Waals surface area contributed by atoms with Crippen molar-refractivity contribution < 1.29 is 0 Å². The number of nitrogens with two attached hydrogens (primary N) is 1. The van der Waals surface area contributed by atoms with Crippen molar-refractivity contribution in [1.82, 2.24) is 9.97 Å². The molecule has 1 aliphatic rings. The number of rotatable bonds is 3. The van der Waals surface area contributed by atoms with Gasteiger partial charge in [0.2, 0.25) is 0 Å². The van der Waals surface area contributed by atoms with Crippen LogP contribution in [0.15, 0.2) is 36.7 Å². The van der Waals surface area contributed by atoms with Crippen LogP contribution in [0.1, 0.15) is 53.7 Å². The minimum Gasteiger partial charge on any atom is -0.323 e. The largest absolute Gasteiger partial charge is 0.323 e. The van der Waals surface area contributed by atoms with Crippen molar-refractivity contribution in [2.75, 3.05) is 0 Å². The van der Waals surface area contributed by atoms with Crippen LogP contribution in [0, 0.1) is 6.92 Å². The van der Waals surface area contributed by atoms with E-state index in [1.807, 2.05) is 13.1 Å². The van der Waals surface area contributed by atoms with E-state index in [9.17, 15) is 0 Å². The lowest BCUT2D eigenvalue weighted by atomic mass is 9.79. The molecule has 2 aromatic rings. The fourth-order valence-electron chi connectivity index (χ4n) is 3.12. The number of aryl methyl sites for hydroxylation is 2. The quantitative estimate of drug-likeness (QED) is 0.928. The molecular weight excluding hydrogens is 246 g/mol. The van der Waals surface area contributed by atoms with Gasteiger partial charge in [-0.1, -0.05) is 24.3 Å². The van der Waals surface area contributed by atoms with Gasteiger partial charge in [-0.3, -0.25) is 9.97 Å². The van der Waals surface area contributed by atoms with Crippen molar-refractivity contribution in [3.8, 4) is 0 Å². The summed E-state index contributed by atoms with van der Waals surface area (Å²) >= 11 is 0. The van der Waals surface area contributed by atoms with Crippen LogP contribution in [0.3, 0.4) is 0 Å². The first-order chi connectivity index (χ1) is 9.74. The molecule has 0 spiro atoms. The Kier molecular flexibility index (Phi) is 3.79. The fourth-order valence-corrected chi connectivity index (χ4v) is 3.12. The zero-order valence-corrected chi connectivity index (χ0v) is 11.9. The molecule has 1 aromatic carbocycles. The molecule has 1 heterocycles. The van der Waals surface area contributed by atoms with Gasteiger partial charge in [-0.15, -0.1) is 0 Å². The van der Waals surface area contributed by atoms with Crippen LogP contribution in [0.4, 0.5) is 0 Å². The Morgan fingerprint density at radius 2 is 2.10 bits per heavy atom. The zero-order chi connectivity index (χ0) is 13.9. The first-order valence-electron chi connectivity index (χ1n) is 7.36. The Balaban J connectivity index is 1.77. The van der Waals surface area contributed by atoms with Gasteiger partial charge in [-0.05, 0) is 49.7 Å². The molecule has 104 valence electrons. The maximum absolute atomic E-state index is 6.33. The summed E-state index contributed by atoms with van der Waals surface area (Å²) in [5.41, 5.74) is 11.1. The minimum atomic E-state index is -0.0285. The second kappa shape index (κ2) is 5.71. The van der Waals surface area contributed by atoms with E-state index in [0.29, 0.717) is 5.92 Å². The average molecular weight is 267 g/mol. The lowest BCUT2D eigenvalue weighted by molar-refractivity contribution is 0.470. The standard InChI is InChI=1S/C17H21N3/c1-12-10-20-17(11-19-12)16(18)9-14-7-4-6-13-5-2-3-8-15(13)14/h2-3,5,8,10-11,14,16H,4,6-7,9,18H2,1H3. The Labute approximate surface area is 120 Å². The Morgan fingerprint density at radius 3 is 2.90 bits per heavy atom. The second-order valence-corrected chi connectivity index (χ2v) is 5.71. The third-order valence-corrected chi connectivity index (χ3v) is 4.21. The third kappa shape index (κ3) is 2.73. The summed E-state index contributed by atoms with van der Waals surface area (Å²) in [4.78, 5) is 8.71. The molecule has 3 heteroatoms. The van der Waals surface area contributed by atoms with E-state index in [1.54, 1.807) is 6.20 Å². The molecule has 0 bridgehead atoms. The van der Waals surface area contributed by atoms with E-state index in [-0.39, 0.29) is 6.04 Å². The molecule has 0 saturated carbocycles. The number of hydrogen-bond donors (Lipinski definition) is 1. The third-order valence-electron chi connectivity index (χ3n) is 4.21. The lowest BCUT2D eigenvalue weighted by Crippen LogP contribution is -2.19. The molecular formula is C17H21N3. The number of nitrogens with zero attached hydrogens (tertiary/aromatic N) is 2. The lowest BCUT2D eigenvalue weighted by Gasteiger charge is -2.27. The molecule has 2 unspecified atom stereocenters. The molecule has 0 amide bonds. The summed E-state index contributed by atoms with van der Waals surface area (Å²) in [7, 11) is 0. The maximum Gasteiger partial charge on any atom is 0.0754 e. The average Bonchev–Trinajstić information content (AvgIpc) is 2.48. The normalized spacial score (nSPS) is 19.4. The number of aromatic nitrogens is 2. The smallest absolute Gasteiger partial charge is 0.0754 e. The molecule has 0 fully saturated rings. The van der Waals surface area contributed by atoms with Crippen molar-refractivity contribution in [3.05, 3.63) is 59.2 Å². The summed E-state index contributed by atoms with van der Waals surface area (Å²) in [6.07, 6.45) is 8.25. The Bertz CT molecular complexity index is 577. The van der Waals surface area contributed by atoms with Gasteiger partial charge < -0.3 is 5.73 Å². The van der Waals surface area contributed by atoms with Crippen molar-refractivity contribution in [1.29, 1.82) is 0 Å². The predicted octanol–water partition coefficient (Wildman–Crippen LogP) is 3.30. The van der Waals surface area contributed by atoms with Crippen molar-refractivity contribution in [3.63, 3.8) is 0 Å². The van der Waals surface area contributed by atoms with E-state index in [1.165, 1.54) is 30.4 Å². The van der Waals surface area contributed by atoms with Gasteiger partial charge in [-0.2, -0.15) is 0 Å². The van der Waals surface area contributed by atoms with Gasteiger partial charge in [0.1, 0.15) is 0 Å². The minimum absolute atomic E-state index is 0.0285. The SMILES string of the molecule is Cc1cnc(C(N)CC2CCCc3ccccc32)cn1. The van der Waals surface area contributed by atoms with Crippen LogP contribution in [-0.2, 0) is 6.42 Å². The molecule has 2 N–H and O–H groups in total. The summed E-state index contributed by atoms with van der Waals surface area (Å²) in [6.45, 7) is 1.94. The highest BCUT2D eigenvalue weighted by atomic mass is 14.8. The number of hydrogen-bond acceptors (Lipinski definition) is 3. The van der Waals surface area contributed by atoms with Crippen LogP contribution in [0.5, 0.6) is 0 Å². The fraction of sp³-hybridized carbons (Fsp3) is 0.412. The van der Waals surface area contributed by atoms with Crippen LogP contribution in [0.25, 0.3) is 0 Å². The van der Waals surface area contributed by atoms with Gasteiger partial charge in [0.05, 0.1) is 17.6 Å². The van der Waals surface area contributed by atoms with Crippen LogP contribution < -0.4 is 5.73 Å². The molecule has 0 radical (unpaired) electrons. The highest BCUT2D eigenvalue weighted by Gasteiger charge is 2.23. The predicted molar refractivity (Wildman–Crippen MR) is 80.4 cm³/mol. The van der Waals surface area contributed by atoms with Crippen molar-refractivity contribution in [2.24, 2.45) is 5.73 Å². The van der Waals surface area contributed by atoms with Crippen molar-refractivity contribution >= 4 is 0 Å². The van der Waals surface area contributed by atoms with Crippen LogP contribution >= 0.6 is 0 Å². The number of benzene rings is 1. The molecule has 1 aromatic heterocycles. The monoisotopic (exact) mass is 267 g/mol. The molecule has 0 saturated heterocycles. The van der Waals surface area contributed by atoms with E-state index < -0.39 is 0 Å². The summed E-state index contributed by atoms with van der Waals surface area (Å²) in [5, 5.41) is 0. The number of fused-ring (bicyclic) bond motifs is 1. The highest BCUT2D eigenvalue weighted by Crippen LogP contribution is 2.36. The first-order valence-corrected chi connectivity index (χ1v) is 7.36. The molecule has 3 nitrogen and oxygen atoms in total. The van der Waals surface area contributed by atoms with Crippen molar-refractivity contribution in [2.45, 2.75) is 44.6 Å². The van der Waals surface area contributed by atoms with Gasteiger partial charge >= 0.3 is 0 Å². The molecule has 3 rings (SSSR count). The van der Waals surface area contributed by atoms with Gasteiger partial charge in [-0.25, -0.2) is 0 Å². The molecule has 0 aliphatic heterocycles. The summed E-state index contributed by atoms with van der Waals surface area (Å²) in [6, 6.07) is 8.74. The second-order valence-electron chi connectivity index (χ2n) is 5.71. The van der Waals surface area contributed by atoms with E-state index in [0.717, 1.165) is 17.8 Å². The van der Waals surface area contributed by atoms with E-state index in [2.05, 4.69) is 34.2 Å². The van der Waals surface area contributed by atoms with E-state index >= 15 is 0 Å². The van der Waals surface area contributed by atoms with Crippen LogP contribution in [0.2, 0.25) is 0 Å². The first kappa shape index (κ1) is 13.3. The molecule has 20 heavy (non-hydrogen) atoms. The van der Waals surface area contributed by atoms with Gasteiger partial charge in [0, 0.05) is 12.2 Å². The summed E-state index contributed by atoms with van der Waals surface area (Å²) < 4.78 is 0. The topological polar surface area (TPSA) is 51.8 Å².